The minimum absolute atomic E-state index is 0.197. The normalized spacial score (nSPS) is 11.0. The van der Waals surface area contributed by atoms with Gasteiger partial charge in [0.25, 0.3) is 0 Å². The summed E-state index contributed by atoms with van der Waals surface area (Å²) in [4.78, 5) is 12.1. The number of carbonyl (C=O) groups excluding carboxylic acids is 1. The first-order valence-corrected chi connectivity index (χ1v) is 10.3. The summed E-state index contributed by atoms with van der Waals surface area (Å²) in [6.45, 7) is 4.39. The zero-order chi connectivity index (χ0) is 18.4. The van der Waals surface area contributed by atoms with Gasteiger partial charge in [0.2, 0.25) is 0 Å². The van der Waals surface area contributed by atoms with Gasteiger partial charge in [-0.25, -0.2) is 0 Å². The van der Waals surface area contributed by atoms with Crippen LogP contribution >= 0.6 is 7.26 Å². The van der Waals surface area contributed by atoms with Gasteiger partial charge < -0.3 is 4.74 Å². The van der Waals surface area contributed by atoms with Crippen LogP contribution in [0, 0.1) is 0 Å². The van der Waals surface area contributed by atoms with Crippen LogP contribution in [0.1, 0.15) is 6.42 Å². The number of hydrogen-bond acceptors (Lipinski definition) is 2. The monoisotopic (exact) mass is 361 g/mol. The zero-order valence-electron chi connectivity index (χ0n) is 14.8. The maximum Gasteiger partial charge on any atom is 0.313 e. The molecule has 0 N–H and O–H groups in total. The standard InChI is InChI=1S/C23H22O2P/c1-19(18-23(24)25-2)26(20-12-6-3-7-13-20,21-14-8-4-9-15-21)22-16-10-5-11-17-22/h3-17H,1,18H2,2H3/q+1. The lowest BCUT2D eigenvalue weighted by atomic mass is 10.3. The van der Waals surface area contributed by atoms with Crippen molar-refractivity contribution in [2.75, 3.05) is 7.11 Å². The molecular weight excluding hydrogens is 339 g/mol. The summed E-state index contributed by atoms with van der Waals surface area (Å²) >= 11 is 0. The number of esters is 1. The van der Waals surface area contributed by atoms with Gasteiger partial charge >= 0.3 is 5.97 Å². The van der Waals surface area contributed by atoms with E-state index in [0.717, 1.165) is 5.31 Å². The van der Waals surface area contributed by atoms with Crippen molar-refractivity contribution in [3.8, 4) is 0 Å². The van der Waals surface area contributed by atoms with Crippen LogP contribution in [0.15, 0.2) is 103 Å². The fourth-order valence-electron chi connectivity index (χ4n) is 3.31. The highest BCUT2D eigenvalue weighted by Crippen LogP contribution is 2.62. The highest BCUT2D eigenvalue weighted by Gasteiger charge is 2.49. The molecule has 0 saturated heterocycles. The van der Waals surface area contributed by atoms with E-state index >= 15 is 0 Å². The van der Waals surface area contributed by atoms with E-state index in [4.69, 9.17) is 4.74 Å². The van der Waals surface area contributed by atoms with E-state index < -0.39 is 7.26 Å². The first kappa shape index (κ1) is 18.1. The smallest absolute Gasteiger partial charge is 0.313 e. The topological polar surface area (TPSA) is 26.3 Å². The molecule has 130 valence electrons. The molecule has 0 heterocycles. The molecule has 3 heteroatoms. The first-order valence-electron chi connectivity index (χ1n) is 8.50. The van der Waals surface area contributed by atoms with Crippen molar-refractivity contribution < 1.29 is 9.53 Å². The second-order valence-electron chi connectivity index (χ2n) is 6.00. The van der Waals surface area contributed by atoms with Gasteiger partial charge in [0.15, 0.2) is 0 Å². The SMILES string of the molecule is C=C(CC(=O)OC)[P+](c1ccccc1)(c1ccccc1)c1ccccc1. The lowest BCUT2D eigenvalue weighted by Gasteiger charge is -2.28. The van der Waals surface area contributed by atoms with Crippen LogP contribution in [0.25, 0.3) is 0 Å². The van der Waals surface area contributed by atoms with Crippen LogP contribution in [0.3, 0.4) is 0 Å². The van der Waals surface area contributed by atoms with Crippen molar-refractivity contribution in [3.63, 3.8) is 0 Å². The van der Waals surface area contributed by atoms with Crippen molar-refractivity contribution in [1.29, 1.82) is 0 Å². The van der Waals surface area contributed by atoms with Gasteiger partial charge in [0, 0.05) is 0 Å². The van der Waals surface area contributed by atoms with Crippen LogP contribution in [0.5, 0.6) is 0 Å². The predicted octanol–water partition coefficient (Wildman–Crippen LogP) is 4.06. The predicted molar refractivity (Wildman–Crippen MR) is 111 cm³/mol. The van der Waals surface area contributed by atoms with Gasteiger partial charge in [-0.1, -0.05) is 61.2 Å². The first-order chi connectivity index (χ1) is 12.7. The fourth-order valence-corrected chi connectivity index (χ4v) is 7.52. The minimum atomic E-state index is -2.21. The van der Waals surface area contributed by atoms with E-state index in [2.05, 4.69) is 43.0 Å². The van der Waals surface area contributed by atoms with Crippen molar-refractivity contribution in [1.82, 2.24) is 0 Å². The van der Waals surface area contributed by atoms with E-state index in [0.29, 0.717) is 0 Å². The Balaban J connectivity index is 2.32. The number of rotatable bonds is 6. The number of methoxy groups -OCH3 is 1. The Morgan fingerprint density at radius 3 is 1.42 bits per heavy atom. The number of benzene rings is 3. The molecule has 0 bridgehead atoms. The van der Waals surface area contributed by atoms with E-state index in [1.807, 2.05) is 54.6 Å². The molecule has 0 spiro atoms. The molecule has 3 rings (SSSR count). The van der Waals surface area contributed by atoms with Gasteiger partial charge in [-0.15, -0.1) is 0 Å². The van der Waals surface area contributed by atoms with Crippen molar-refractivity contribution in [2.45, 2.75) is 6.42 Å². The molecule has 0 aliphatic carbocycles. The summed E-state index contributed by atoms with van der Waals surface area (Å²) in [7, 11) is -0.787. The van der Waals surface area contributed by atoms with Crippen LogP contribution in [-0.4, -0.2) is 13.1 Å². The fraction of sp³-hybridized carbons (Fsp3) is 0.0870. The van der Waals surface area contributed by atoms with Gasteiger partial charge in [-0.05, 0) is 36.4 Å². The lowest BCUT2D eigenvalue weighted by Crippen LogP contribution is -2.32. The highest BCUT2D eigenvalue weighted by atomic mass is 31.2. The average molecular weight is 361 g/mol. The van der Waals surface area contributed by atoms with Crippen LogP contribution in [0.4, 0.5) is 0 Å². The Morgan fingerprint density at radius 2 is 1.12 bits per heavy atom. The number of carbonyl (C=O) groups is 1. The van der Waals surface area contributed by atoms with Crippen molar-refractivity contribution >= 4 is 29.1 Å². The summed E-state index contributed by atoms with van der Waals surface area (Å²) in [6, 6.07) is 31.1. The van der Waals surface area contributed by atoms with E-state index in [1.165, 1.54) is 23.0 Å². The maximum absolute atomic E-state index is 12.1. The second kappa shape index (κ2) is 8.12. The molecule has 2 nitrogen and oxygen atoms in total. The Morgan fingerprint density at radius 1 is 0.769 bits per heavy atom. The third kappa shape index (κ3) is 3.34. The lowest BCUT2D eigenvalue weighted by molar-refractivity contribution is -0.139. The number of hydrogen-bond donors (Lipinski definition) is 0. The quantitative estimate of drug-likeness (QED) is 0.489. The van der Waals surface area contributed by atoms with Crippen LogP contribution in [-0.2, 0) is 9.53 Å². The number of ether oxygens (including phenoxy) is 1. The van der Waals surface area contributed by atoms with Crippen molar-refractivity contribution in [2.24, 2.45) is 0 Å². The van der Waals surface area contributed by atoms with Gasteiger partial charge in [0.05, 0.1) is 12.4 Å². The largest absolute Gasteiger partial charge is 0.469 e. The Kier molecular flexibility index (Phi) is 5.65. The van der Waals surface area contributed by atoms with Gasteiger partial charge in [0.1, 0.15) is 29.6 Å². The molecule has 0 unspecified atom stereocenters. The molecule has 0 saturated carbocycles. The van der Waals surface area contributed by atoms with E-state index in [-0.39, 0.29) is 12.4 Å². The molecule has 3 aromatic carbocycles. The Bertz CT molecular complexity index is 777. The van der Waals surface area contributed by atoms with Crippen LogP contribution in [0.2, 0.25) is 0 Å². The molecule has 26 heavy (non-hydrogen) atoms. The molecule has 3 aromatic rings. The summed E-state index contributed by atoms with van der Waals surface area (Å²) in [5.41, 5.74) is 0. The molecule has 0 aromatic heterocycles. The van der Waals surface area contributed by atoms with E-state index in [1.54, 1.807) is 0 Å². The third-order valence-corrected chi connectivity index (χ3v) is 8.81. The molecule has 0 radical (unpaired) electrons. The van der Waals surface area contributed by atoms with Gasteiger partial charge in [-0.3, -0.25) is 4.79 Å². The Hall–Kier alpha value is -2.70. The third-order valence-electron chi connectivity index (χ3n) is 4.48. The Labute approximate surface area is 155 Å². The molecule has 0 aliphatic rings. The maximum atomic E-state index is 12.1. The summed E-state index contributed by atoms with van der Waals surface area (Å²) in [5, 5.41) is 4.46. The van der Waals surface area contributed by atoms with Gasteiger partial charge in [-0.2, -0.15) is 0 Å². The molecule has 0 fully saturated rings. The average Bonchev–Trinajstić information content (AvgIpc) is 2.71. The summed E-state index contributed by atoms with van der Waals surface area (Å²) in [5.74, 6) is -0.262. The molecule has 0 amide bonds. The zero-order valence-corrected chi connectivity index (χ0v) is 15.7. The molecule has 0 aliphatic heterocycles. The highest BCUT2D eigenvalue weighted by molar-refractivity contribution is 7.99. The summed E-state index contributed by atoms with van der Waals surface area (Å²) in [6.07, 6.45) is 0.197. The second-order valence-corrected chi connectivity index (χ2v) is 9.52. The van der Waals surface area contributed by atoms with E-state index in [9.17, 15) is 4.79 Å². The molecular formula is C23H22O2P+. The van der Waals surface area contributed by atoms with Crippen LogP contribution < -0.4 is 15.9 Å². The van der Waals surface area contributed by atoms with Crippen molar-refractivity contribution in [3.05, 3.63) is 103 Å². The molecule has 0 atom stereocenters. The minimum Gasteiger partial charge on any atom is -0.469 e. The summed E-state index contributed by atoms with van der Waals surface area (Å²) < 4.78 is 4.94.